The lowest BCUT2D eigenvalue weighted by molar-refractivity contribution is -0.122. The Hall–Kier alpha value is -1.49. The second kappa shape index (κ2) is 5.23. The Morgan fingerprint density at radius 3 is 2.65 bits per heavy atom. The maximum atomic E-state index is 13.3. The highest BCUT2D eigenvalue weighted by Crippen LogP contribution is 2.20. The number of rotatable bonds is 2. The Labute approximate surface area is 97.8 Å². The Bertz CT molecular complexity index is 417. The van der Waals surface area contributed by atoms with Crippen molar-refractivity contribution in [3.8, 4) is 0 Å². The van der Waals surface area contributed by atoms with Crippen LogP contribution in [-0.2, 0) is 9.53 Å². The fourth-order valence-corrected chi connectivity index (χ4v) is 1.79. The van der Waals surface area contributed by atoms with E-state index in [0.29, 0.717) is 26.1 Å². The van der Waals surface area contributed by atoms with Gasteiger partial charge in [0.2, 0.25) is 5.91 Å². The van der Waals surface area contributed by atoms with Gasteiger partial charge in [-0.1, -0.05) is 0 Å². The SMILES string of the molecule is O=C(Nc1ccc(F)cc1F)C1CCOCC1. The Balaban J connectivity index is 2.02. The van der Waals surface area contributed by atoms with E-state index < -0.39 is 11.6 Å². The highest BCUT2D eigenvalue weighted by Gasteiger charge is 2.22. The number of halogens is 2. The van der Waals surface area contributed by atoms with Gasteiger partial charge in [-0.3, -0.25) is 4.79 Å². The monoisotopic (exact) mass is 241 g/mol. The van der Waals surface area contributed by atoms with Crippen molar-refractivity contribution in [2.75, 3.05) is 18.5 Å². The van der Waals surface area contributed by atoms with Gasteiger partial charge in [0.15, 0.2) is 0 Å². The van der Waals surface area contributed by atoms with E-state index in [2.05, 4.69) is 5.32 Å². The molecule has 17 heavy (non-hydrogen) atoms. The van der Waals surface area contributed by atoms with E-state index in [9.17, 15) is 13.6 Å². The number of anilines is 1. The molecule has 0 radical (unpaired) electrons. The number of carbonyl (C=O) groups is 1. The molecule has 1 saturated heterocycles. The zero-order valence-corrected chi connectivity index (χ0v) is 9.21. The molecule has 0 atom stereocenters. The molecule has 1 fully saturated rings. The molecule has 2 rings (SSSR count). The first-order chi connectivity index (χ1) is 8.16. The third kappa shape index (κ3) is 3.00. The number of benzene rings is 1. The van der Waals surface area contributed by atoms with Crippen LogP contribution in [0.15, 0.2) is 18.2 Å². The van der Waals surface area contributed by atoms with E-state index in [-0.39, 0.29) is 17.5 Å². The molecule has 1 aromatic rings. The summed E-state index contributed by atoms with van der Waals surface area (Å²) in [6, 6.07) is 3.09. The first kappa shape index (κ1) is 12.0. The van der Waals surface area contributed by atoms with Crippen LogP contribution >= 0.6 is 0 Å². The predicted molar refractivity (Wildman–Crippen MR) is 58.5 cm³/mol. The Morgan fingerprint density at radius 2 is 2.00 bits per heavy atom. The summed E-state index contributed by atoms with van der Waals surface area (Å²) < 4.78 is 31.1. The van der Waals surface area contributed by atoms with E-state index in [1.165, 1.54) is 6.07 Å². The molecular formula is C12H13F2NO2. The molecular weight excluding hydrogens is 228 g/mol. The zero-order chi connectivity index (χ0) is 12.3. The van der Waals surface area contributed by atoms with Crippen molar-refractivity contribution in [2.24, 2.45) is 5.92 Å². The zero-order valence-electron chi connectivity index (χ0n) is 9.21. The largest absolute Gasteiger partial charge is 0.381 e. The second-order valence-corrected chi connectivity index (χ2v) is 4.00. The van der Waals surface area contributed by atoms with Gasteiger partial charge < -0.3 is 10.1 Å². The van der Waals surface area contributed by atoms with Crippen molar-refractivity contribution in [1.29, 1.82) is 0 Å². The van der Waals surface area contributed by atoms with Crippen molar-refractivity contribution in [2.45, 2.75) is 12.8 Å². The standard InChI is InChI=1S/C12H13F2NO2/c13-9-1-2-11(10(14)7-9)15-12(16)8-3-5-17-6-4-8/h1-2,7-8H,3-6H2,(H,15,16). The summed E-state index contributed by atoms with van der Waals surface area (Å²) in [5.41, 5.74) is 0.0166. The minimum Gasteiger partial charge on any atom is -0.381 e. The molecule has 0 saturated carbocycles. The van der Waals surface area contributed by atoms with E-state index in [1.807, 2.05) is 0 Å². The summed E-state index contributed by atoms with van der Waals surface area (Å²) in [4.78, 5) is 11.8. The molecule has 1 aromatic carbocycles. The summed E-state index contributed by atoms with van der Waals surface area (Å²) in [5, 5.41) is 2.47. The van der Waals surface area contributed by atoms with Crippen LogP contribution in [0, 0.1) is 17.6 Å². The summed E-state index contributed by atoms with van der Waals surface area (Å²) in [7, 11) is 0. The lowest BCUT2D eigenvalue weighted by atomic mass is 9.99. The number of carbonyl (C=O) groups excluding carboxylic acids is 1. The maximum absolute atomic E-state index is 13.3. The molecule has 0 aliphatic carbocycles. The summed E-state index contributed by atoms with van der Waals surface area (Å²) in [6.07, 6.45) is 1.27. The van der Waals surface area contributed by atoms with Gasteiger partial charge in [-0.05, 0) is 25.0 Å². The lowest BCUT2D eigenvalue weighted by Gasteiger charge is -2.21. The van der Waals surface area contributed by atoms with Gasteiger partial charge in [-0.2, -0.15) is 0 Å². The second-order valence-electron chi connectivity index (χ2n) is 4.00. The first-order valence-electron chi connectivity index (χ1n) is 5.50. The van der Waals surface area contributed by atoms with Gasteiger partial charge in [-0.25, -0.2) is 8.78 Å². The molecule has 1 amide bonds. The Kier molecular flexibility index (Phi) is 3.68. The fraction of sp³-hybridized carbons (Fsp3) is 0.417. The number of nitrogens with one attached hydrogen (secondary N) is 1. The third-order valence-corrected chi connectivity index (χ3v) is 2.78. The van der Waals surface area contributed by atoms with Crippen LogP contribution in [0.1, 0.15) is 12.8 Å². The average molecular weight is 241 g/mol. The number of hydrogen-bond acceptors (Lipinski definition) is 2. The van der Waals surface area contributed by atoms with Gasteiger partial charge >= 0.3 is 0 Å². The lowest BCUT2D eigenvalue weighted by Crippen LogP contribution is -2.28. The van der Waals surface area contributed by atoms with Crippen LogP contribution in [-0.4, -0.2) is 19.1 Å². The molecule has 1 N–H and O–H groups in total. The fourth-order valence-electron chi connectivity index (χ4n) is 1.79. The van der Waals surface area contributed by atoms with Crippen molar-refractivity contribution in [1.82, 2.24) is 0 Å². The third-order valence-electron chi connectivity index (χ3n) is 2.78. The summed E-state index contributed by atoms with van der Waals surface area (Å²) >= 11 is 0. The topological polar surface area (TPSA) is 38.3 Å². The van der Waals surface area contributed by atoms with E-state index in [1.54, 1.807) is 0 Å². The first-order valence-corrected chi connectivity index (χ1v) is 5.50. The van der Waals surface area contributed by atoms with Gasteiger partial charge in [0.1, 0.15) is 11.6 Å². The molecule has 1 aliphatic heterocycles. The minimum absolute atomic E-state index is 0.0166. The number of hydrogen-bond donors (Lipinski definition) is 1. The van der Waals surface area contributed by atoms with Gasteiger partial charge in [-0.15, -0.1) is 0 Å². The predicted octanol–water partition coefficient (Wildman–Crippen LogP) is 2.33. The van der Waals surface area contributed by atoms with Crippen LogP contribution in [0.25, 0.3) is 0 Å². The van der Waals surface area contributed by atoms with Crippen LogP contribution in [0.4, 0.5) is 14.5 Å². The smallest absolute Gasteiger partial charge is 0.227 e. The molecule has 0 spiro atoms. The highest BCUT2D eigenvalue weighted by molar-refractivity contribution is 5.92. The van der Waals surface area contributed by atoms with Crippen LogP contribution in [0.5, 0.6) is 0 Å². The molecule has 1 aliphatic rings. The molecule has 92 valence electrons. The van der Waals surface area contributed by atoms with E-state index in [4.69, 9.17) is 4.74 Å². The number of amides is 1. The number of ether oxygens (including phenoxy) is 1. The quantitative estimate of drug-likeness (QED) is 0.863. The van der Waals surface area contributed by atoms with Gasteiger partial charge in [0.05, 0.1) is 5.69 Å². The summed E-state index contributed by atoms with van der Waals surface area (Å²) in [5.74, 6) is -1.82. The van der Waals surface area contributed by atoms with Gasteiger partial charge in [0.25, 0.3) is 0 Å². The average Bonchev–Trinajstić information content (AvgIpc) is 2.34. The molecule has 1 heterocycles. The minimum atomic E-state index is -0.759. The van der Waals surface area contributed by atoms with Crippen LogP contribution in [0.2, 0.25) is 0 Å². The maximum Gasteiger partial charge on any atom is 0.227 e. The van der Waals surface area contributed by atoms with Crippen molar-refractivity contribution >= 4 is 11.6 Å². The van der Waals surface area contributed by atoms with Crippen molar-refractivity contribution < 1.29 is 18.3 Å². The Morgan fingerprint density at radius 1 is 1.29 bits per heavy atom. The van der Waals surface area contributed by atoms with Gasteiger partial charge in [0, 0.05) is 25.2 Å². The summed E-state index contributed by atoms with van der Waals surface area (Å²) in [6.45, 7) is 1.09. The van der Waals surface area contributed by atoms with Crippen molar-refractivity contribution in [3.05, 3.63) is 29.8 Å². The van der Waals surface area contributed by atoms with E-state index >= 15 is 0 Å². The molecule has 3 nitrogen and oxygen atoms in total. The normalized spacial score (nSPS) is 16.8. The van der Waals surface area contributed by atoms with E-state index in [0.717, 1.165) is 12.1 Å². The molecule has 5 heteroatoms. The molecule has 0 unspecified atom stereocenters. The highest BCUT2D eigenvalue weighted by atomic mass is 19.1. The molecule has 0 bridgehead atoms. The van der Waals surface area contributed by atoms with Crippen LogP contribution in [0.3, 0.4) is 0 Å². The van der Waals surface area contributed by atoms with Crippen LogP contribution < -0.4 is 5.32 Å². The molecule has 0 aromatic heterocycles. The van der Waals surface area contributed by atoms with Crippen molar-refractivity contribution in [3.63, 3.8) is 0 Å².